The SMILES string of the molecule is CN(CCOCC1CC1)Cc1cc2ccccc2nc1N. The van der Waals surface area contributed by atoms with Gasteiger partial charge in [-0.05, 0) is 37.9 Å². The van der Waals surface area contributed by atoms with Crippen molar-refractivity contribution in [3.63, 3.8) is 0 Å². The highest BCUT2D eigenvalue weighted by Crippen LogP contribution is 2.28. The molecule has 1 aliphatic carbocycles. The van der Waals surface area contributed by atoms with Crippen LogP contribution in [0.3, 0.4) is 0 Å². The second-order valence-electron chi connectivity index (χ2n) is 5.98. The molecule has 0 bridgehead atoms. The maximum absolute atomic E-state index is 6.07. The van der Waals surface area contributed by atoms with E-state index in [1.807, 2.05) is 18.2 Å². The highest BCUT2D eigenvalue weighted by molar-refractivity contribution is 5.81. The van der Waals surface area contributed by atoms with Crippen LogP contribution in [-0.2, 0) is 11.3 Å². The summed E-state index contributed by atoms with van der Waals surface area (Å²) < 4.78 is 5.68. The van der Waals surface area contributed by atoms with Gasteiger partial charge in [-0.25, -0.2) is 4.98 Å². The highest BCUT2D eigenvalue weighted by atomic mass is 16.5. The van der Waals surface area contributed by atoms with Gasteiger partial charge in [0, 0.05) is 30.6 Å². The third kappa shape index (κ3) is 3.93. The summed E-state index contributed by atoms with van der Waals surface area (Å²) in [6, 6.07) is 10.2. The molecule has 0 spiro atoms. The summed E-state index contributed by atoms with van der Waals surface area (Å²) in [5, 5.41) is 1.14. The van der Waals surface area contributed by atoms with E-state index in [1.54, 1.807) is 0 Å². The van der Waals surface area contributed by atoms with E-state index in [4.69, 9.17) is 10.5 Å². The van der Waals surface area contributed by atoms with Crippen LogP contribution < -0.4 is 5.73 Å². The van der Waals surface area contributed by atoms with E-state index < -0.39 is 0 Å². The molecule has 1 aromatic heterocycles. The van der Waals surface area contributed by atoms with Crippen molar-refractivity contribution in [2.45, 2.75) is 19.4 Å². The predicted molar refractivity (Wildman–Crippen MR) is 86.0 cm³/mol. The third-order valence-electron chi connectivity index (χ3n) is 3.94. The smallest absolute Gasteiger partial charge is 0.128 e. The number of anilines is 1. The van der Waals surface area contributed by atoms with Gasteiger partial charge in [-0.2, -0.15) is 0 Å². The van der Waals surface area contributed by atoms with Crippen LogP contribution in [-0.4, -0.2) is 36.7 Å². The minimum Gasteiger partial charge on any atom is -0.383 e. The van der Waals surface area contributed by atoms with E-state index in [0.717, 1.165) is 48.7 Å². The molecule has 21 heavy (non-hydrogen) atoms. The van der Waals surface area contributed by atoms with E-state index >= 15 is 0 Å². The number of hydrogen-bond donors (Lipinski definition) is 1. The van der Waals surface area contributed by atoms with Crippen molar-refractivity contribution in [3.8, 4) is 0 Å². The van der Waals surface area contributed by atoms with Crippen LogP contribution in [0.5, 0.6) is 0 Å². The molecule has 1 saturated carbocycles. The molecular formula is C17H23N3O. The quantitative estimate of drug-likeness (QED) is 0.795. The lowest BCUT2D eigenvalue weighted by Gasteiger charge is -2.18. The van der Waals surface area contributed by atoms with Gasteiger partial charge in [0.05, 0.1) is 12.1 Å². The molecule has 3 rings (SSSR count). The number of aromatic nitrogens is 1. The van der Waals surface area contributed by atoms with Crippen molar-refractivity contribution in [1.29, 1.82) is 0 Å². The Morgan fingerprint density at radius 2 is 2.14 bits per heavy atom. The summed E-state index contributed by atoms with van der Waals surface area (Å²) in [4.78, 5) is 6.71. The van der Waals surface area contributed by atoms with Gasteiger partial charge in [0.1, 0.15) is 5.82 Å². The summed E-state index contributed by atoms with van der Waals surface area (Å²) in [5.41, 5.74) is 8.10. The van der Waals surface area contributed by atoms with Crippen molar-refractivity contribution < 1.29 is 4.74 Å². The van der Waals surface area contributed by atoms with Crippen LogP contribution in [0.25, 0.3) is 10.9 Å². The largest absolute Gasteiger partial charge is 0.383 e. The predicted octanol–water partition coefficient (Wildman–Crippen LogP) is 2.68. The number of nitrogens with zero attached hydrogens (tertiary/aromatic N) is 2. The number of para-hydroxylation sites is 1. The molecule has 4 heteroatoms. The fraction of sp³-hybridized carbons (Fsp3) is 0.471. The fourth-order valence-corrected chi connectivity index (χ4v) is 2.43. The number of pyridine rings is 1. The first-order valence-corrected chi connectivity index (χ1v) is 7.63. The van der Waals surface area contributed by atoms with Gasteiger partial charge < -0.3 is 10.5 Å². The van der Waals surface area contributed by atoms with E-state index in [9.17, 15) is 0 Å². The van der Waals surface area contributed by atoms with Gasteiger partial charge in [-0.15, -0.1) is 0 Å². The topological polar surface area (TPSA) is 51.4 Å². The number of nitrogen functional groups attached to an aromatic ring is 1. The lowest BCUT2D eigenvalue weighted by Crippen LogP contribution is -2.23. The van der Waals surface area contributed by atoms with Crippen LogP contribution in [0, 0.1) is 5.92 Å². The van der Waals surface area contributed by atoms with Crippen LogP contribution in [0.2, 0.25) is 0 Å². The first kappa shape index (κ1) is 14.3. The normalized spacial score (nSPS) is 15.0. The Morgan fingerprint density at radius 1 is 1.33 bits per heavy atom. The van der Waals surface area contributed by atoms with Gasteiger partial charge in [0.2, 0.25) is 0 Å². The molecule has 1 aromatic carbocycles. The Bertz CT molecular complexity index is 610. The van der Waals surface area contributed by atoms with E-state index in [-0.39, 0.29) is 0 Å². The van der Waals surface area contributed by atoms with Crippen molar-refractivity contribution in [1.82, 2.24) is 9.88 Å². The third-order valence-corrected chi connectivity index (χ3v) is 3.94. The average Bonchev–Trinajstić information content (AvgIpc) is 3.29. The summed E-state index contributed by atoms with van der Waals surface area (Å²) >= 11 is 0. The standard InChI is InChI=1S/C17H23N3O/c1-20(8-9-21-12-13-6-7-13)11-15-10-14-4-2-3-5-16(14)19-17(15)18/h2-5,10,13H,6-9,11-12H2,1H3,(H2,18,19). The Hall–Kier alpha value is -1.65. The second kappa shape index (κ2) is 6.41. The molecule has 4 nitrogen and oxygen atoms in total. The van der Waals surface area contributed by atoms with E-state index in [2.05, 4.69) is 29.1 Å². The Morgan fingerprint density at radius 3 is 2.95 bits per heavy atom. The van der Waals surface area contributed by atoms with Crippen LogP contribution in [0.1, 0.15) is 18.4 Å². The molecule has 0 aliphatic heterocycles. The lowest BCUT2D eigenvalue weighted by molar-refractivity contribution is 0.102. The maximum atomic E-state index is 6.07. The summed E-state index contributed by atoms with van der Waals surface area (Å²) in [6.45, 7) is 3.43. The lowest BCUT2D eigenvalue weighted by atomic mass is 10.1. The molecule has 1 aliphatic rings. The molecule has 1 heterocycles. The number of fused-ring (bicyclic) bond motifs is 1. The van der Waals surface area contributed by atoms with Gasteiger partial charge in [0.15, 0.2) is 0 Å². The minimum atomic E-state index is 0.624. The molecule has 0 amide bonds. The number of nitrogens with two attached hydrogens (primary N) is 1. The number of rotatable bonds is 7. The minimum absolute atomic E-state index is 0.624. The zero-order chi connectivity index (χ0) is 14.7. The Kier molecular flexibility index (Phi) is 4.36. The molecule has 0 radical (unpaired) electrons. The highest BCUT2D eigenvalue weighted by Gasteiger charge is 2.20. The van der Waals surface area contributed by atoms with E-state index in [0.29, 0.717) is 5.82 Å². The second-order valence-corrected chi connectivity index (χ2v) is 5.98. The monoisotopic (exact) mass is 285 g/mol. The van der Waals surface area contributed by atoms with Gasteiger partial charge in [0.25, 0.3) is 0 Å². The van der Waals surface area contributed by atoms with Crippen LogP contribution in [0.4, 0.5) is 5.82 Å². The molecule has 1 fully saturated rings. The molecular weight excluding hydrogens is 262 g/mol. The van der Waals surface area contributed by atoms with Gasteiger partial charge >= 0.3 is 0 Å². The van der Waals surface area contributed by atoms with Crippen molar-refractivity contribution in [2.24, 2.45) is 5.92 Å². The number of hydrogen-bond acceptors (Lipinski definition) is 4. The van der Waals surface area contributed by atoms with E-state index in [1.165, 1.54) is 12.8 Å². The van der Waals surface area contributed by atoms with Gasteiger partial charge in [-0.1, -0.05) is 18.2 Å². The molecule has 2 N–H and O–H groups in total. The molecule has 112 valence electrons. The average molecular weight is 285 g/mol. The van der Waals surface area contributed by atoms with Crippen molar-refractivity contribution >= 4 is 16.7 Å². The summed E-state index contributed by atoms with van der Waals surface area (Å²) in [6.07, 6.45) is 2.68. The maximum Gasteiger partial charge on any atom is 0.128 e. The van der Waals surface area contributed by atoms with Crippen LogP contribution >= 0.6 is 0 Å². The molecule has 0 saturated heterocycles. The molecule has 0 unspecified atom stereocenters. The molecule has 2 aromatic rings. The molecule has 0 atom stereocenters. The fourth-order valence-electron chi connectivity index (χ4n) is 2.43. The number of ether oxygens (including phenoxy) is 1. The number of benzene rings is 1. The summed E-state index contributed by atoms with van der Waals surface area (Å²) in [5.74, 6) is 1.45. The van der Waals surface area contributed by atoms with Crippen molar-refractivity contribution in [3.05, 3.63) is 35.9 Å². The zero-order valence-corrected chi connectivity index (χ0v) is 12.6. The first-order chi connectivity index (χ1) is 10.2. The number of likely N-dealkylation sites (N-methyl/N-ethyl adjacent to an activating group) is 1. The van der Waals surface area contributed by atoms with Crippen molar-refractivity contribution in [2.75, 3.05) is 32.5 Å². The van der Waals surface area contributed by atoms with Crippen LogP contribution in [0.15, 0.2) is 30.3 Å². The summed E-state index contributed by atoms with van der Waals surface area (Å²) in [7, 11) is 2.09. The van der Waals surface area contributed by atoms with Gasteiger partial charge in [-0.3, -0.25) is 4.90 Å². The Balaban J connectivity index is 1.56. The Labute approximate surface area is 125 Å². The first-order valence-electron chi connectivity index (χ1n) is 7.63. The zero-order valence-electron chi connectivity index (χ0n) is 12.6.